The number of nitrogens with one attached hydrogen (secondary N) is 1. The normalized spacial score (nSPS) is 10.3. The van der Waals surface area contributed by atoms with Crippen LogP contribution in [0, 0.1) is 20.8 Å². The van der Waals surface area contributed by atoms with Crippen LogP contribution in [0.15, 0.2) is 36.4 Å². The van der Waals surface area contributed by atoms with Crippen LogP contribution in [0.1, 0.15) is 22.3 Å². The number of hydrogen-bond donors (Lipinski definition) is 2. The van der Waals surface area contributed by atoms with Crippen LogP contribution in [0.3, 0.4) is 0 Å². The zero-order valence-corrected chi connectivity index (χ0v) is 12.3. The van der Waals surface area contributed by atoms with E-state index in [1.807, 2.05) is 18.2 Å². The highest BCUT2D eigenvalue weighted by atomic mass is 32.1. The van der Waals surface area contributed by atoms with Crippen molar-refractivity contribution in [1.82, 2.24) is 0 Å². The average molecular weight is 270 g/mol. The Morgan fingerprint density at radius 2 is 1.79 bits per heavy atom. The van der Waals surface area contributed by atoms with Gasteiger partial charge in [-0.25, -0.2) is 0 Å². The second-order valence-electron chi connectivity index (χ2n) is 4.79. The monoisotopic (exact) mass is 270 g/mol. The Kier molecular flexibility index (Phi) is 3.86. The molecule has 19 heavy (non-hydrogen) atoms. The molecule has 0 bridgehead atoms. The van der Waals surface area contributed by atoms with Crippen LogP contribution in [0.4, 0.5) is 11.4 Å². The third kappa shape index (κ3) is 2.93. The Balaban J connectivity index is 2.45. The highest BCUT2D eigenvalue weighted by molar-refractivity contribution is 7.80. The molecule has 0 amide bonds. The van der Waals surface area contributed by atoms with Gasteiger partial charge in [-0.15, -0.1) is 0 Å². The molecular weight excluding hydrogens is 252 g/mol. The van der Waals surface area contributed by atoms with Crippen LogP contribution < -0.4 is 11.1 Å². The number of aryl methyl sites for hydroxylation is 2. The summed E-state index contributed by atoms with van der Waals surface area (Å²) in [6.07, 6.45) is 0. The van der Waals surface area contributed by atoms with Crippen molar-refractivity contribution in [2.45, 2.75) is 20.8 Å². The van der Waals surface area contributed by atoms with Gasteiger partial charge in [-0.1, -0.05) is 30.4 Å². The fraction of sp³-hybridized carbons (Fsp3) is 0.188. The van der Waals surface area contributed by atoms with Crippen LogP contribution in [0.2, 0.25) is 0 Å². The molecule has 0 radical (unpaired) electrons. The van der Waals surface area contributed by atoms with Crippen LogP contribution in [-0.4, -0.2) is 4.99 Å². The summed E-state index contributed by atoms with van der Waals surface area (Å²) in [5.74, 6) is 0. The Hall–Kier alpha value is -1.87. The first-order chi connectivity index (χ1) is 8.99. The number of benzene rings is 2. The van der Waals surface area contributed by atoms with Crippen LogP contribution in [0.25, 0.3) is 0 Å². The summed E-state index contributed by atoms with van der Waals surface area (Å²) in [6.45, 7) is 6.26. The van der Waals surface area contributed by atoms with E-state index < -0.39 is 0 Å². The Labute approximate surface area is 119 Å². The average Bonchev–Trinajstić information content (AvgIpc) is 2.35. The van der Waals surface area contributed by atoms with Crippen molar-refractivity contribution in [3.05, 3.63) is 58.7 Å². The fourth-order valence-electron chi connectivity index (χ4n) is 2.01. The molecule has 0 aliphatic rings. The quantitative estimate of drug-likeness (QED) is 0.828. The fourth-order valence-corrected chi connectivity index (χ4v) is 2.19. The van der Waals surface area contributed by atoms with E-state index in [1.54, 1.807) is 0 Å². The van der Waals surface area contributed by atoms with Crippen molar-refractivity contribution in [1.29, 1.82) is 0 Å². The second kappa shape index (κ2) is 5.41. The molecule has 0 atom stereocenters. The smallest absolute Gasteiger partial charge is 0.106 e. The van der Waals surface area contributed by atoms with Crippen molar-refractivity contribution >= 4 is 28.6 Å². The molecule has 2 rings (SSSR count). The van der Waals surface area contributed by atoms with Crippen LogP contribution >= 0.6 is 12.2 Å². The zero-order chi connectivity index (χ0) is 14.0. The van der Waals surface area contributed by atoms with E-state index in [4.69, 9.17) is 18.0 Å². The van der Waals surface area contributed by atoms with Gasteiger partial charge in [0.05, 0.1) is 0 Å². The summed E-state index contributed by atoms with van der Waals surface area (Å²) in [5, 5.41) is 3.44. The van der Waals surface area contributed by atoms with Crippen molar-refractivity contribution in [2.24, 2.45) is 5.73 Å². The lowest BCUT2D eigenvalue weighted by Crippen LogP contribution is -2.12. The Morgan fingerprint density at radius 1 is 1.05 bits per heavy atom. The summed E-state index contributed by atoms with van der Waals surface area (Å²) in [5.41, 5.74) is 12.4. The molecule has 3 heteroatoms. The first-order valence-electron chi connectivity index (χ1n) is 6.22. The van der Waals surface area contributed by atoms with Gasteiger partial charge in [0, 0.05) is 16.9 Å². The van der Waals surface area contributed by atoms with Crippen LogP contribution in [0.5, 0.6) is 0 Å². The summed E-state index contributed by atoms with van der Waals surface area (Å²) in [4.78, 5) is 0.410. The van der Waals surface area contributed by atoms with E-state index in [0.717, 1.165) is 16.9 Å². The molecule has 0 heterocycles. The van der Waals surface area contributed by atoms with E-state index >= 15 is 0 Å². The summed E-state index contributed by atoms with van der Waals surface area (Å²) < 4.78 is 0. The van der Waals surface area contributed by atoms with Gasteiger partial charge >= 0.3 is 0 Å². The minimum atomic E-state index is 0.410. The molecular formula is C16H18N2S. The second-order valence-corrected chi connectivity index (χ2v) is 5.23. The van der Waals surface area contributed by atoms with Crippen molar-refractivity contribution in [3.8, 4) is 0 Å². The summed E-state index contributed by atoms with van der Waals surface area (Å²) in [7, 11) is 0. The first-order valence-corrected chi connectivity index (χ1v) is 6.63. The largest absolute Gasteiger partial charge is 0.389 e. The molecule has 0 aliphatic heterocycles. The Bertz CT molecular complexity index is 633. The molecule has 3 N–H and O–H groups in total. The first kappa shape index (κ1) is 13.6. The number of thiocarbonyl (C=S) groups is 1. The number of rotatable bonds is 3. The molecule has 0 spiro atoms. The standard InChI is InChI=1S/C16H18N2S/c1-10-7-8-13(16(17)19)15(9-10)18-14-6-4-5-11(2)12(14)3/h4-9,18H,1-3H3,(H2,17,19). The lowest BCUT2D eigenvalue weighted by Gasteiger charge is -2.15. The molecule has 0 fully saturated rings. The molecule has 0 saturated carbocycles. The summed E-state index contributed by atoms with van der Waals surface area (Å²) >= 11 is 5.11. The van der Waals surface area contributed by atoms with Crippen molar-refractivity contribution < 1.29 is 0 Å². The third-order valence-corrected chi connectivity index (χ3v) is 3.53. The highest BCUT2D eigenvalue weighted by Crippen LogP contribution is 2.26. The molecule has 0 unspecified atom stereocenters. The van der Waals surface area contributed by atoms with Gasteiger partial charge in [0.25, 0.3) is 0 Å². The third-order valence-electron chi connectivity index (χ3n) is 3.31. The van der Waals surface area contributed by atoms with E-state index in [2.05, 4.69) is 44.3 Å². The number of anilines is 2. The molecule has 0 aromatic heterocycles. The predicted molar refractivity (Wildman–Crippen MR) is 86.3 cm³/mol. The van der Waals surface area contributed by atoms with Gasteiger partial charge in [0.15, 0.2) is 0 Å². The number of nitrogens with two attached hydrogens (primary N) is 1. The summed E-state index contributed by atoms with van der Waals surface area (Å²) in [6, 6.07) is 12.3. The Morgan fingerprint density at radius 3 is 2.47 bits per heavy atom. The van der Waals surface area contributed by atoms with Gasteiger partial charge in [0.1, 0.15) is 4.99 Å². The minimum absolute atomic E-state index is 0.410. The van der Waals surface area contributed by atoms with Crippen molar-refractivity contribution in [2.75, 3.05) is 5.32 Å². The molecule has 2 aromatic rings. The molecule has 0 aliphatic carbocycles. The maximum Gasteiger partial charge on any atom is 0.106 e. The van der Waals surface area contributed by atoms with Gasteiger partial charge in [-0.05, 0) is 55.7 Å². The van der Waals surface area contributed by atoms with E-state index in [-0.39, 0.29) is 0 Å². The maximum absolute atomic E-state index is 5.78. The van der Waals surface area contributed by atoms with E-state index in [0.29, 0.717) is 4.99 Å². The van der Waals surface area contributed by atoms with Crippen LogP contribution in [-0.2, 0) is 0 Å². The van der Waals surface area contributed by atoms with Gasteiger partial charge < -0.3 is 11.1 Å². The predicted octanol–water partition coefficient (Wildman–Crippen LogP) is 3.99. The minimum Gasteiger partial charge on any atom is -0.389 e. The molecule has 2 aromatic carbocycles. The van der Waals surface area contributed by atoms with E-state index in [9.17, 15) is 0 Å². The maximum atomic E-state index is 5.78. The van der Waals surface area contributed by atoms with Gasteiger partial charge in [-0.3, -0.25) is 0 Å². The molecule has 98 valence electrons. The lowest BCUT2D eigenvalue weighted by molar-refractivity contribution is 1.32. The van der Waals surface area contributed by atoms with E-state index in [1.165, 1.54) is 16.7 Å². The van der Waals surface area contributed by atoms with Gasteiger partial charge in [0.2, 0.25) is 0 Å². The lowest BCUT2D eigenvalue weighted by atomic mass is 10.1. The topological polar surface area (TPSA) is 38.0 Å². The SMILES string of the molecule is Cc1ccc(C(N)=S)c(Nc2cccc(C)c2C)c1. The zero-order valence-electron chi connectivity index (χ0n) is 11.4. The van der Waals surface area contributed by atoms with Crippen molar-refractivity contribution in [3.63, 3.8) is 0 Å². The molecule has 2 nitrogen and oxygen atoms in total. The highest BCUT2D eigenvalue weighted by Gasteiger charge is 2.07. The van der Waals surface area contributed by atoms with Gasteiger partial charge in [-0.2, -0.15) is 0 Å². The molecule has 0 saturated heterocycles. The number of hydrogen-bond acceptors (Lipinski definition) is 2.